The predicted octanol–water partition coefficient (Wildman–Crippen LogP) is 3.06. The molecule has 10 heteroatoms. The molecule has 4 aliphatic carbocycles. The number of nitrogens with two attached hydrogens (primary N) is 1. The second-order valence-electron chi connectivity index (χ2n) is 14.9. The van der Waals surface area contributed by atoms with E-state index in [-0.39, 0.29) is 41.4 Å². The number of ether oxygens (including phenoxy) is 2. The van der Waals surface area contributed by atoms with Crippen LogP contribution in [0, 0.1) is 34.4 Å². The Bertz CT molecular complexity index is 1530. The van der Waals surface area contributed by atoms with E-state index in [1.54, 1.807) is 6.07 Å². The Morgan fingerprint density at radius 1 is 1.26 bits per heavy atom. The van der Waals surface area contributed by atoms with E-state index < -0.39 is 36.1 Å². The number of hydrogen-bond donors (Lipinski definition) is 4. The number of aliphatic hydroxyl groups is 3. The van der Waals surface area contributed by atoms with Crippen LogP contribution in [0.2, 0.25) is 0 Å². The third kappa shape index (κ3) is 4.62. The maximum absolute atomic E-state index is 14.7. The number of quaternary nitrogens is 1. The molecule has 0 bridgehead atoms. The van der Waals surface area contributed by atoms with Crippen LogP contribution in [0.4, 0.5) is 4.39 Å². The Hall–Kier alpha value is -2.47. The minimum Gasteiger partial charge on any atom is -0.396 e. The Labute approximate surface area is 270 Å². The average Bonchev–Trinajstić information content (AvgIpc) is 3.67. The molecule has 1 aromatic carbocycles. The number of Topliss-reactive ketones (excluding diaryl/α,β-unsaturated/α-hetero) is 1. The van der Waals surface area contributed by atoms with Crippen molar-refractivity contribution in [3.05, 3.63) is 52.6 Å². The minimum atomic E-state index is -1.24. The largest absolute Gasteiger partial charge is 0.396 e. The maximum atomic E-state index is 14.7. The summed E-state index contributed by atoms with van der Waals surface area (Å²) in [6, 6.07) is 5.13. The molecule has 4 fully saturated rings. The van der Waals surface area contributed by atoms with Crippen molar-refractivity contribution in [1.82, 2.24) is 9.78 Å². The van der Waals surface area contributed by atoms with E-state index in [2.05, 4.69) is 26.8 Å². The highest BCUT2D eigenvalue weighted by atomic mass is 19.1. The number of aromatic nitrogens is 2. The molecule has 0 radical (unpaired) electrons. The number of nitrogens with zero attached hydrogens (tertiary/aromatic N) is 2. The molecule has 0 spiro atoms. The van der Waals surface area contributed by atoms with Crippen molar-refractivity contribution in [2.24, 2.45) is 28.6 Å². The van der Waals surface area contributed by atoms with Gasteiger partial charge in [0.25, 0.3) is 0 Å². The van der Waals surface area contributed by atoms with Gasteiger partial charge in [-0.05, 0) is 91.5 Å². The van der Waals surface area contributed by atoms with E-state index in [1.807, 2.05) is 22.3 Å². The van der Waals surface area contributed by atoms with Crippen molar-refractivity contribution in [1.29, 1.82) is 0 Å². The fraction of sp³-hybridized carbons (Fsp3) is 0.667. The first-order valence-electron chi connectivity index (χ1n) is 17.3. The molecule has 1 saturated heterocycles. The van der Waals surface area contributed by atoms with E-state index in [1.165, 1.54) is 11.6 Å². The minimum absolute atomic E-state index is 0.000463. The van der Waals surface area contributed by atoms with Crippen molar-refractivity contribution in [3.63, 3.8) is 0 Å². The molecule has 2 aromatic rings. The summed E-state index contributed by atoms with van der Waals surface area (Å²) in [7, 11) is 0. The Morgan fingerprint density at radius 3 is 2.85 bits per heavy atom. The number of fused-ring (bicyclic) bond motifs is 8. The predicted molar refractivity (Wildman–Crippen MR) is 168 cm³/mol. The molecule has 9 nitrogen and oxygen atoms in total. The lowest BCUT2D eigenvalue weighted by atomic mass is 9.45. The zero-order valence-corrected chi connectivity index (χ0v) is 27.3. The van der Waals surface area contributed by atoms with Gasteiger partial charge >= 0.3 is 0 Å². The number of rotatable bonds is 10. The van der Waals surface area contributed by atoms with Crippen molar-refractivity contribution in [2.45, 2.75) is 103 Å². The van der Waals surface area contributed by atoms with Crippen LogP contribution < -0.4 is 5.32 Å². The Kier molecular flexibility index (Phi) is 8.30. The molecule has 9 atom stereocenters. The van der Waals surface area contributed by atoms with Gasteiger partial charge in [0.1, 0.15) is 19.0 Å². The fourth-order valence-corrected chi connectivity index (χ4v) is 10.5. The molecule has 1 aliphatic heterocycles. The van der Waals surface area contributed by atoms with Crippen LogP contribution in [0.1, 0.15) is 82.5 Å². The Balaban J connectivity index is 1.18. The monoisotopic (exact) mass is 638 g/mol. The number of benzene rings is 1. The van der Waals surface area contributed by atoms with Crippen LogP contribution in [0.15, 0.2) is 30.0 Å². The van der Waals surface area contributed by atoms with Crippen LogP contribution >= 0.6 is 0 Å². The zero-order chi connectivity index (χ0) is 32.4. The molecular formula is C36H49FN3O6+. The van der Waals surface area contributed by atoms with Gasteiger partial charge in [-0.25, -0.2) is 9.07 Å². The van der Waals surface area contributed by atoms with Crippen LogP contribution in [0.3, 0.4) is 0 Å². The van der Waals surface area contributed by atoms with E-state index in [4.69, 9.17) is 19.7 Å². The zero-order valence-electron chi connectivity index (χ0n) is 27.3. The SMILES string of the molecule is CCC[C@@H]1O[C@@H]2C[C@H]3[C@@H]4CCC5=Cc6c(cnn6-c6ccc(F)c(C[NH2+]CCCO)c6)C[C@]5(C)[C@H]4[C@@H](O)C[C@]3(C)[C@]2(C(=O)CO)O1. The van der Waals surface area contributed by atoms with Crippen LogP contribution in [-0.4, -0.2) is 74.7 Å². The van der Waals surface area contributed by atoms with Gasteiger partial charge in [0.15, 0.2) is 17.7 Å². The Morgan fingerprint density at radius 2 is 2.09 bits per heavy atom. The molecule has 0 amide bonds. The molecule has 0 unspecified atom stereocenters. The van der Waals surface area contributed by atoms with Crippen LogP contribution in [0.25, 0.3) is 11.8 Å². The van der Waals surface area contributed by atoms with Gasteiger partial charge in [-0.15, -0.1) is 0 Å². The van der Waals surface area contributed by atoms with Gasteiger partial charge in [-0.3, -0.25) is 4.79 Å². The van der Waals surface area contributed by atoms with Crippen molar-refractivity contribution >= 4 is 11.9 Å². The number of carbonyl (C=O) groups is 1. The summed E-state index contributed by atoms with van der Waals surface area (Å²) < 4.78 is 29.5. The van der Waals surface area contributed by atoms with Crippen LogP contribution in [0.5, 0.6) is 0 Å². The molecule has 46 heavy (non-hydrogen) atoms. The second kappa shape index (κ2) is 11.9. The quantitative estimate of drug-likeness (QED) is 0.295. The van der Waals surface area contributed by atoms with Crippen molar-refractivity contribution < 1.29 is 39.3 Å². The molecule has 250 valence electrons. The van der Waals surface area contributed by atoms with E-state index >= 15 is 0 Å². The molecule has 2 heterocycles. The van der Waals surface area contributed by atoms with Gasteiger partial charge < -0.3 is 30.1 Å². The third-order valence-electron chi connectivity index (χ3n) is 12.5. The van der Waals surface area contributed by atoms with Gasteiger partial charge in [0.2, 0.25) is 0 Å². The maximum Gasteiger partial charge on any atom is 0.193 e. The summed E-state index contributed by atoms with van der Waals surface area (Å²) in [5.74, 6) is -0.266. The number of ketones is 1. The van der Waals surface area contributed by atoms with E-state index in [0.717, 1.165) is 49.2 Å². The fourth-order valence-electron chi connectivity index (χ4n) is 10.5. The standard InChI is InChI=1S/C36H48FN3O6/c1-4-6-32-45-31-15-26-25-9-7-23-14-28-22(19-39-40(28)24-8-10-27(37)21(13-24)18-38-11-5-12-41)16-34(23,2)33(25)29(43)17-35(26,3)36(31,46-32)30(44)20-42/h8,10,13-14,19,25-26,29,31-33,38,41-43H,4-7,9,11-12,15-18,20H2,1-3H3/p+1/t25-,26-,29-,31+,32+,33+,34-,35-,36+/m0/s1. The first-order valence-corrected chi connectivity index (χ1v) is 17.3. The average molecular weight is 639 g/mol. The first-order chi connectivity index (χ1) is 22.1. The lowest BCUT2D eigenvalue weighted by Crippen LogP contribution is -2.82. The molecule has 7 rings (SSSR count). The van der Waals surface area contributed by atoms with Crippen LogP contribution in [-0.2, 0) is 27.2 Å². The summed E-state index contributed by atoms with van der Waals surface area (Å²) in [6.07, 6.45) is 8.49. The number of allylic oxidation sites excluding steroid dienone is 1. The van der Waals surface area contributed by atoms with E-state index in [0.29, 0.717) is 37.8 Å². The normalized spacial score (nSPS) is 37.6. The summed E-state index contributed by atoms with van der Waals surface area (Å²) in [4.78, 5) is 13.6. The van der Waals surface area contributed by atoms with Gasteiger partial charge in [-0.2, -0.15) is 5.10 Å². The van der Waals surface area contributed by atoms with Gasteiger partial charge in [-0.1, -0.05) is 32.8 Å². The third-order valence-corrected chi connectivity index (χ3v) is 12.5. The summed E-state index contributed by atoms with van der Waals surface area (Å²) in [6.45, 7) is 7.19. The number of halogens is 1. The number of hydrogen-bond acceptors (Lipinski definition) is 7. The highest BCUT2D eigenvalue weighted by Gasteiger charge is 2.75. The highest BCUT2D eigenvalue weighted by Crippen LogP contribution is 2.70. The first kappa shape index (κ1) is 32.1. The topological polar surface area (TPSA) is 131 Å². The molecular weight excluding hydrogens is 589 g/mol. The van der Waals surface area contributed by atoms with E-state index in [9.17, 15) is 19.4 Å². The highest BCUT2D eigenvalue weighted by molar-refractivity contribution is 5.91. The molecule has 5 aliphatic rings. The molecule has 5 N–H and O–H groups in total. The smallest absolute Gasteiger partial charge is 0.193 e. The second-order valence-corrected chi connectivity index (χ2v) is 14.9. The van der Waals surface area contributed by atoms with Gasteiger partial charge in [0.05, 0.1) is 36.3 Å². The summed E-state index contributed by atoms with van der Waals surface area (Å²) in [5, 5.41) is 38.1. The summed E-state index contributed by atoms with van der Waals surface area (Å²) >= 11 is 0. The molecule has 3 saturated carbocycles. The summed E-state index contributed by atoms with van der Waals surface area (Å²) in [5.41, 5.74) is 2.69. The number of carbonyl (C=O) groups excluding carboxylic acids is 1. The lowest BCUT2D eigenvalue weighted by Gasteiger charge is -2.60. The number of aliphatic hydroxyl groups excluding tert-OH is 3. The molecule has 1 aromatic heterocycles. The van der Waals surface area contributed by atoms with Gasteiger partial charge in [0, 0.05) is 24.0 Å². The van der Waals surface area contributed by atoms with Crippen molar-refractivity contribution in [2.75, 3.05) is 19.8 Å². The lowest BCUT2D eigenvalue weighted by molar-refractivity contribution is -0.671. The van der Waals surface area contributed by atoms with Crippen molar-refractivity contribution in [3.8, 4) is 5.69 Å².